The summed E-state index contributed by atoms with van der Waals surface area (Å²) in [6.45, 7) is 0.581. The lowest BCUT2D eigenvalue weighted by molar-refractivity contribution is -0.138. The van der Waals surface area contributed by atoms with Crippen LogP contribution in [0, 0.1) is 5.92 Å². The minimum absolute atomic E-state index is 0.212. The average Bonchev–Trinajstić information content (AvgIpc) is 2.74. The van der Waals surface area contributed by atoms with Gasteiger partial charge in [-0.1, -0.05) is 6.42 Å². The van der Waals surface area contributed by atoms with Crippen LogP contribution < -0.4 is 5.32 Å². The quantitative estimate of drug-likeness (QED) is 0.646. The minimum atomic E-state index is -4.51. The molecular formula is C11H14F3N5O2S. The molecule has 2 rings (SSSR count). The van der Waals surface area contributed by atoms with E-state index in [0.717, 1.165) is 12.8 Å². The van der Waals surface area contributed by atoms with Gasteiger partial charge in [-0.15, -0.1) is 5.10 Å². The summed E-state index contributed by atoms with van der Waals surface area (Å²) >= 11 is -0.491. The second-order valence-electron chi connectivity index (χ2n) is 4.81. The minimum Gasteiger partial charge on any atom is -0.345 e. The first-order valence-corrected chi connectivity index (χ1v) is 7.32. The topological polar surface area (TPSA) is 91.0 Å². The van der Waals surface area contributed by atoms with E-state index in [-0.39, 0.29) is 11.9 Å². The number of carbonyl (C=O) groups excluding carboxylic acids is 2. The van der Waals surface area contributed by atoms with E-state index in [0.29, 0.717) is 13.0 Å². The lowest BCUT2D eigenvalue weighted by Crippen LogP contribution is -2.38. The van der Waals surface area contributed by atoms with Crippen LogP contribution in [0.1, 0.15) is 19.3 Å². The number of halogens is 3. The van der Waals surface area contributed by atoms with Gasteiger partial charge in [0.2, 0.25) is 22.9 Å². The summed E-state index contributed by atoms with van der Waals surface area (Å²) in [5.74, 6) is -1.98. The van der Waals surface area contributed by atoms with Crippen molar-refractivity contribution in [1.29, 1.82) is 0 Å². The van der Waals surface area contributed by atoms with E-state index in [1.807, 2.05) is 0 Å². The first kappa shape index (κ1) is 16.6. The molecule has 1 saturated heterocycles. The molecule has 11 heteroatoms. The molecule has 1 atom stereocenters. The van der Waals surface area contributed by atoms with E-state index in [1.54, 1.807) is 7.05 Å². The van der Waals surface area contributed by atoms with Gasteiger partial charge < -0.3 is 4.90 Å². The number of alkyl halides is 3. The molecule has 0 saturated carbocycles. The number of aromatic amines is 1. The summed E-state index contributed by atoms with van der Waals surface area (Å²) in [6, 6.07) is 0. The molecule has 22 heavy (non-hydrogen) atoms. The summed E-state index contributed by atoms with van der Waals surface area (Å²) < 4.78 is 36.5. The zero-order valence-electron chi connectivity index (χ0n) is 11.6. The maximum atomic E-state index is 12.2. The highest BCUT2D eigenvalue weighted by molar-refractivity contribution is 8.00. The first-order chi connectivity index (χ1) is 10.3. The molecule has 0 aliphatic carbocycles. The number of nitrogens with zero attached hydrogens (tertiary/aromatic N) is 3. The zero-order chi connectivity index (χ0) is 16.3. The highest BCUT2D eigenvalue weighted by Crippen LogP contribution is 2.34. The van der Waals surface area contributed by atoms with Gasteiger partial charge in [0.25, 0.3) is 0 Å². The van der Waals surface area contributed by atoms with Crippen LogP contribution >= 0.6 is 11.8 Å². The number of aromatic nitrogens is 3. The Bertz CT molecular complexity index is 562. The van der Waals surface area contributed by atoms with E-state index in [2.05, 4.69) is 20.5 Å². The van der Waals surface area contributed by atoms with Crippen molar-refractivity contribution >= 4 is 29.5 Å². The molecule has 2 N–H and O–H groups in total. The average molecular weight is 337 g/mol. The Morgan fingerprint density at radius 3 is 2.86 bits per heavy atom. The lowest BCUT2D eigenvalue weighted by atomic mass is 10.0. The molecule has 1 unspecified atom stereocenters. The van der Waals surface area contributed by atoms with Crippen molar-refractivity contribution in [2.45, 2.75) is 29.9 Å². The van der Waals surface area contributed by atoms with Crippen LogP contribution in [0.15, 0.2) is 5.16 Å². The zero-order valence-corrected chi connectivity index (χ0v) is 12.4. The number of likely N-dealkylation sites (tertiary alicyclic amines) is 1. The summed E-state index contributed by atoms with van der Waals surface area (Å²) in [5, 5.41) is 7.30. The molecule has 2 amide bonds. The number of carbonyl (C=O) groups is 2. The molecule has 0 aromatic carbocycles. The smallest absolute Gasteiger partial charge is 0.345 e. The molecule has 122 valence electrons. The van der Waals surface area contributed by atoms with E-state index in [9.17, 15) is 22.8 Å². The summed E-state index contributed by atoms with van der Waals surface area (Å²) in [4.78, 5) is 29.1. The van der Waals surface area contributed by atoms with Gasteiger partial charge in [-0.25, -0.2) is 5.10 Å². The van der Waals surface area contributed by atoms with Crippen molar-refractivity contribution in [3.8, 4) is 0 Å². The Kier molecular flexibility index (Phi) is 4.94. The van der Waals surface area contributed by atoms with Crippen molar-refractivity contribution in [1.82, 2.24) is 20.1 Å². The predicted octanol–water partition coefficient (Wildman–Crippen LogP) is 1.61. The van der Waals surface area contributed by atoms with Crippen LogP contribution in [0.2, 0.25) is 0 Å². The molecule has 1 aromatic heterocycles. The van der Waals surface area contributed by atoms with Gasteiger partial charge in [-0.2, -0.15) is 18.2 Å². The van der Waals surface area contributed by atoms with Gasteiger partial charge in [-0.3, -0.25) is 14.9 Å². The first-order valence-electron chi connectivity index (χ1n) is 6.50. The van der Waals surface area contributed by atoms with Crippen molar-refractivity contribution < 1.29 is 22.8 Å². The Labute approximate surface area is 128 Å². The van der Waals surface area contributed by atoms with Crippen molar-refractivity contribution in [2.75, 3.05) is 18.9 Å². The summed E-state index contributed by atoms with van der Waals surface area (Å²) in [7, 11) is 1.61. The van der Waals surface area contributed by atoms with Gasteiger partial charge in [-0.05, 0) is 12.8 Å². The molecule has 1 aliphatic rings. The normalized spacial score (nSPS) is 19.9. The fraction of sp³-hybridized carbons (Fsp3) is 0.636. The molecule has 0 spiro atoms. The molecular weight excluding hydrogens is 323 g/mol. The third kappa shape index (κ3) is 4.36. The summed E-state index contributed by atoms with van der Waals surface area (Å²) in [5.41, 5.74) is -4.51. The number of rotatable bonds is 3. The fourth-order valence-electron chi connectivity index (χ4n) is 2.10. The fourth-order valence-corrected chi connectivity index (χ4v) is 2.53. The number of hydrogen-bond acceptors (Lipinski definition) is 5. The third-order valence-corrected chi connectivity index (χ3v) is 3.74. The second-order valence-corrected chi connectivity index (χ2v) is 5.84. The molecule has 0 radical (unpaired) electrons. The molecule has 1 fully saturated rings. The standard InChI is InChI=1S/C11H14F3N5O2S/c1-19-5-3-2-4-6(8(19)21)7(20)15-9-16-10(18-17-9)22-11(12,13)14/h6H,2-5H2,1H3,(H2,15,16,17,18,20). The van der Waals surface area contributed by atoms with Crippen LogP contribution in [0.3, 0.4) is 0 Å². The third-order valence-electron chi connectivity index (χ3n) is 3.14. The van der Waals surface area contributed by atoms with Crippen molar-refractivity contribution in [3.05, 3.63) is 0 Å². The van der Waals surface area contributed by atoms with Crippen molar-refractivity contribution in [3.63, 3.8) is 0 Å². The number of H-pyrrole nitrogens is 1. The highest BCUT2D eigenvalue weighted by atomic mass is 32.2. The molecule has 0 bridgehead atoms. The van der Waals surface area contributed by atoms with Gasteiger partial charge >= 0.3 is 5.51 Å². The monoisotopic (exact) mass is 337 g/mol. The van der Waals surface area contributed by atoms with Gasteiger partial charge in [0.15, 0.2) is 0 Å². The Morgan fingerprint density at radius 2 is 2.18 bits per heavy atom. The van der Waals surface area contributed by atoms with Gasteiger partial charge in [0.1, 0.15) is 5.92 Å². The lowest BCUT2D eigenvalue weighted by Gasteiger charge is -2.18. The van der Waals surface area contributed by atoms with E-state index < -0.39 is 34.3 Å². The summed E-state index contributed by atoms with van der Waals surface area (Å²) in [6.07, 6.45) is 1.92. The van der Waals surface area contributed by atoms with Gasteiger partial charge in [0.05, 0.1) is 0 Å². The van der Waals surface area contributed by atoms with E-state index in [1.165, 1.54) is 4.90 Å². The SMILES string of the molecule is CN1CCCCC(C(=O)Nc2nc(SC(F)(F)F)n[nH]2)C1=O. The molecule has 1 aliphatic heterocycles. The number of thioether (sulfide) groups is 1. The predicted molar refractivity (Wildman–Crippen MR) is 71.9 cm³/mol. The molecule has 1 aromatic rings. The number of hydrogen-bond donors (Lipinski definition) is 2. The highest BCUT2D eigenvalue weighted by Gasteiger charge is 2.33. The van der Waals surface area contributed by atoms with E-state index >= 15 is 0 Å². The largest absolute Gasteiger partial charge is 0.449 e. The number of nitrogens with one attached hydrogen (secondary N) is 2. The molecule has 2 heterocycles. The maximum absolute atomic E-state index is 12.2. The van der Waals surface area contributed by atoms with Crippen LogP contribution in [0.5, 0.6) is 0 Å². The van der Waals surface area contributed by atoms with Crippen LogP contribution in [-0.4, -0.2) is 51.0 Å². The van der Waals surface area contributed by atoms with Gasteiger partial charge in [0, 0.05) is 25.4 Å². The number of anilines is 1. The molecule has 7 nitrogen and oxygen atoms in total. The Morgan fingerprint density at radius 1 is 1.45 bits per heavy atom. The van der Waals surface area contributed by atoms with Crippen molar-refractivity contribution in [2.24, 2.45) is 5.92 Å². The van der Waals surface area contributed by atoms with Crippen LogP contribution in [-0.2, 0) is 9.59 Å². The Balaban J connectivity index is 2.00. The Hall–Kier alpha value is -1.78. The van der Waals surface area contributed by atoms with E-state index in [4.69, 9.17) is 0 Å². The van der Waals surface area contributed by atoms with Crippen LogP contribution in [0.4, 0.5) is 19.1 Å². The second kappa shape index (κ2) is 6.55. The maximum Gasteiger partial charge on any atom is 0.449 e. The van der Waals surface area contributed by atoms with Crippen LogP contribution in [0.25, 0.3) is 0 Å². The number of amides is 2.